The topological polar surface area (TPSA) is 29.0 Å². The lowest BCUT2D eigenvalue weighted by atomic mass is 10.2. The van der Waals surface area contributed by atoms with Gasteiger partial charge in [0.1, 0.15) is 16.0 Å². The molecule has 0 radical (unpaired) electrons. The van der Waals surface area contributed by atoms with Crippen LogP contribution in [0.3, 0.4) is 0 Å². The van der Waals surface area contributed by atoms with Crippen LogP contribution in [0.2, 0.25) is 5.15 Å². The minimum absolute atomic E-state index is 0.512. The number of hydrogen-bond donors (Lipinski definition) is 0. The Morgan fingerprint density at radius 3 is 2.65 bits per heavy atom. The van der Waals surface area contributed by atoms with Gasteiger partial charge >= 0.3 is 0 Å². The molecule has 5 heteroatoms. The lowest BCUT2D eigenvalue weighted by molar-refractivity contribution is 0.348. The molecule has 0 amide bonds. The molecule has 0 spiro atoms. The zero-order chi connectivity index (χ0) is 14.4. The predicted octanol–water partition coefficient (Wildman–Crippen LogP) is 3.66. The average molecular weight is 308 g/mol. The molecule has 106 valence electrons. The van der Waals surface area contributed by atoms with Crippen molar-refractivity contribution in [2.75, 3.05) is 19.3 Å². The molecule has 2 aromatic rings. The quantitative estimate of drug-likeness (QED) is 0.601. The van der Waals surface area contributed by atoms with Crippen LogP contribution in [0, 0.1) is 6.92 Å². The number of aromatic nitrogens is 2. The number of halogens is 1. The Morgan fingerprint density at radius 2 is 1.95 bits per heavy atom. The third-order valence-corrected chi connectivity index (χ3v) is 3.89. The summed E-state index contributed by atoms with van der Waals surface area (Å²) in [5.41, 5.74) is 1.33. The molecule has 0 fully saturated rings. The summed E-state index contributed by atoms with van der Waals surface area (Å²) in [5, 5.41) is 1.45. The summed E-state index contributed by atoms with van der Waals surface area (Å²) in [4.78, 5) is 10.7. The van der Waals surface area contributed by atoms with Crippen molar-refractivity contribution in [2.45, 2.75) is 18.5 Å². The highest BCUT2D eigenvalue weighted by atomic mass is 35.5. The Labute approximate surface area is 129 Å². The van der Waals surface area contributed by atoms with Crippen molar-refractivity contribution < 1.29 is 0 Å². The molecule has 0 atom stereocenters. The first-order chi connectivity index (χ1) is 9.63. The van der Waals surface area contributed by atoms with Crippen LogP contribution in [0.15, 0.2) is 41.4 Å². The maximum Gasteiger partial charge on any atom is 0.133 e. The molecule has 0 bridgehead atoms. The monoisotopic (exact) mass is 307 g/mol. The van der Waals surface area contributed by atoms with Crippen LogP contribution in [0.1, 0.15) is 11.4 Å². The van der Waals surface area contributed by atoms with E-state index < -0.39 is 0 Å². The van der Waals surface area contributed by atoms with Gasteiger partial charge in [0.15, 0.2) is 0 Å². The second kappa shape index (κ2) is 7.62. The lowest BCUT2D eigenvalue weighted by Crippen LogP contribution is -2.20. The van der Waals surface area contributed by atoms with Gasteiger partial charge in [0.2, 0.25) is 0 Å². The summed E-state index contributed by atoms with van der Waals surface area (Å²) in [6.07, 6.45) is 0. The summed E-state index contributed by atoms with van der Waals surface area (Å²) >= 11 is 7.63. The summed E-state index contributed by atoms with van der Waals surface area (Å²) in [7, 11) is 2.13. The van der Waals surface area contributed by atoms with Gasteiger partial charge in [0.05, 0.1) is 0 Å². The zero-order valence-corrected chi connectivity index (χ0v) is 13.3. The van der Waals surface area contributed by atoms with Crippen LogP contribution in [0.4, 0.5) is 0 Å². The van der Waals surface area contributed by atoms with Crippen LogP contribution in [-0.2, 0) is 6.54 Å². The largest absolute Gasteiger partial charge is 0.301 e. The first-order valence-corrected chi connectivity index (χ1v) is 7.86. The molecule has 1 aromatic carbocycles. The van der Waals surface area contributed by atoms with Gasteiger partial charge < -0.3 is 4.90 Å². The maximum absolute atomic E-state index is 5.92. The Morgan fingerprint density at radius 1 is 1.20 bits per heavy atom. The highest BCUT2D eigenvalue weighted by molar-refractivity contribution is 7.99. The fourth-order valence-electron chi connectivity index (χ4n) is 1.86. The van der Waals surface area contributed by atoms with Gasteiger partial charge in [-0.15, -0.1) is 11.8 Å². The molecule has 1 aromatic heterocycles. The fourth-order valence-corrected chi connectivity index (χ4v) is 3.15. The smallest absolute Gasteiger partial charge is 0.133 e. The van der Waals surface area contributed by atoms with Crippen LogP contribution in [0.5, 0.6) is 0 Å². The molecular weight excluding hydrogens is 290 g/mol. The van der Waals surface area contributed by atoms with E-state index in [0.717, 1.165) is 29.7 Å². The Bertz CT molecular complexity index is 528. The van der Waals surface area contributed by atoms with E-state index in [9.17, 15) is 0 Å². The van der Waals surface area contributed by atoms with E-state index in [2.05, 4.69) is 46.2 Å². The Hall–Kier alpha value is -1.10. The van der Waals surface area contributed by atoms with E-state index in [0.29, 0.717) is 5.15 Å². The van der Waals surface area contributed by atoms with Crippen molar-refractivity contribution >= 4 is 23.4 Å². The summed E-state index contributed by atoms with van der Waals surface area (Å²) in [6, 6.07) is 12.3. The van der Waals surface area contributed by atoms with E-state index in [1.54, 1.807) is 11.8 Å². The van der Waals surface area contributed by atoms with Crippen molar-refractivity contribution in [1.29, 1.82) is 0 Å². The van der Waals surface area contributed by atoms with E-state index in [4.69, 9.17) is 11.6 Å². The Kier molecular flexibility index (Phi) is 5.83. The zero-order valence-electron chi connectivity index (χ0n) is 11.7. The van der Waals surface area contributed by atoms with Gasteiger partial charge in [0, 0.05) is 24.9 Å². The van der Waals surface area contributed by atoms with Crippen molar-refractivity contribution in [2.24, 2.45) is 0 Å². The number of nitrogens with zero attached hydrogens (tertiary/aromatic N) is 3. The second-order valence-corrected chi connectivity index (χ2v) is 6.15. The van der Waals surface area contributed by atoms with Gasteiger partial charge in [-0.2, -0.15) is 0 Å². The lowest BCUT2D eigenvalue weighted by Gasteiger charge is -2.16. The van der Waals surface area contributed by atoms with Crippen molar-refractivity contribution in [3.8, 4) is 0 Å². The number of aryl methyl sites for hydroxylation is 1. The molecule has 0 N–H and O–H groups in total. The van der Waals surface area contributed by atoms with E-state index >= 15 is 0 Å². The second-order valence-electron chi connectivity index (χ2n) is 4.65. The molecular formula is C15H18ClN3S. The van der Waals surface area contributed by atoms with Gasteiger partial charge in [0.25, 0.3) is 0 Å². The predicted molar refractivity (Wildman–Crippen MR) is 85.3 cm³/mol. The Balaban J connectivity index is 1.78. The summed E-state index contributed by atoms with van der Waals surface area (Å²) in [6.45, 7) is 3.82. The van der Waals surface area contributed by atoms with E-state index in [1.807, 2.05) is 19.1 Å². The molecule has 3 nitrogen and oxygen atoms in total. The van der Waals surface area contributed by atoms with Crippen molar-refractivity contribution in [1.82, 2.24) is 14.9 Å². The normalized spacial score (nSPS) is 11.0. The maximum atomic E-state index is 5.92. The van der Waals surface area contributed by atoms with Gasteiger partial charge in [-0.3, -0.25) is 0 Å². The molecule has 0 aliphatic heterocycles. The molecule has 0 unspecified atom stereocenters. The number of thioether (sulfide) groups is 1. The van der Waals surface area contributed by atoms with Gasteiger partial charge in [-0.25, -0.2) is 9.97 Å². The van der Waals surface area contributed by atoms with E-state index in [-0.39, 0.29) is 0 Å². The van der Waals surface area contributed by atoms with Gasteiger partial charge in [-0.1, -0.05) is 41.9 Å². The van der Waals surface area contributed by atoms with Crippen LogP contribution in [0.25, 0.3) is 0 Å². The van der Waals surface area contributed by atoms with Gasteiger partial charge in [-0.05, 0) is 19.5 Å². The molecule has 0 aliphatic rings. The number of hydrogen-bond acceptors (Lipinski definition) is 4. The number of rotatable bonds is 6. The molecule has 0 saturated heterocycles. The minimum atomic E-state index is 0.512. The highest BCUT2D eigenvalue weighted by Crippen LogP contribution is 2.18. The molecule has 0 saturated carbocycles. The average Bonchev–Trinajstić information content (AvgIpc) is 2.38. The van der Waals surface area contributed by atoms with Crippen LogP contribution >= 0.6 is 23.4 Å². The fraction of sp³-hybridized carbons (Fsp3) is 0.333. The van der Waals surface area contributed by atoms with Crippen LogP contribution < -0.4 is 0 Å². The minimum Gasteiger partial charge on any atom is -0.301 e. The third kappa shape index (κ3) is 5.12. The molecule has 1 heterocycles. The first kappa shape index (κ1) is 15.3. The first-order valence-electron chi connectivity index (χ1n) is 6.50. The molecule has 0 aliphatic carbocycles. The highest BCUT2D eigenvalue weighted by Gasteiger charge is 2.03. The summed E-state index contributed by atoms with van der Waals surface area (Å²) in [5.74, 6) is 1.70. The molecule has 20 heavy (non-hydrogen) atoms. The SMILES string of the molecule is Cc1nc(Cl)cc(SCCN(C)Cc2ccccc2)n1. The van der Waals surface area contributed by atoms with E-state index in [1.165, 1.54) is 5.56 Å². The molecule has 2 rings (SSSR count). The summed E-state index contributed by atoms with van der Waals surface area (Å²) < 4.78 is 0. The van der Waals surface area contributed by atoms with Crippen molar-refractivity contribution in [3.05, 3.63) is 52.9 Å². The van der Waals surface area contributed by atoms with Crippen LogP contribution in [-0.4, -0.2) is 34.2 Å². The third-order valence-electron chi connectivity index (χ3n) is 2.80. The number of benzene rings is 1. The standard InChI is InChI=1S/C15H18ClN3S/c1-12-17-14(16)10-15(18-12)20-9-8-19(2)11-13-6-4-3-5-7-13/h3-7,10H,8-9,11H2,1-2H3. The van der Waals surface area contributed by atoms with Crippen molar-refractivity contribution in [3.63, 3.8) is 0 Å².